The highest BCUT2D eigenvalue weighted by atomic mass is 32.2. The van der Waals surface area contributed by atoms with Crippen LogP contribution in [0.5, 0.6) is 5.75 Å². The normalized spacial score (nSPS) is 20.5. The number of thioether (sulfide) groups is 1. The molecule has 1 aromatic carbocycles. The summed E-state index contributed by atoms with van der Waals surface area (Å²) in [6.45, 7) is 3.37. The number of hydrogen-bond donors (Lipinski definition) is 1. The van der Waals surface area contributed by atoms with Gasteiger partial charge < -0.3 is 14.7 Å². The van der Waals surface area contributed by atoms with Crippen LogP contribution in [0, 0.1) is 0 Å². The summed E-state index contributed by atoms with van der Waals surface area (Å²) < 4.78 is 5.37. The lowest BCUT2D eigenvalue weighted by Gasteiger charge is -2.27. The average Bonchev–Trinajstić information content (AvgIpc) is 2.96. The van der Waals surface area contributed by atoms with Crippen LogP contribution in [-0.4, -0.2) is 46.2 Å². The fraction of sp³-hybridized carbons (Fsp3) is 0.389. The Morgan fingerprint density at radius 2 is 2.12 bits per heavy atom. The summed E-state index contributed by atoms with van der Waals surface area (Å²) >= 11 is 1.40. The van der Waals surface area contributed by atoms with E-state index in [0.717, 1.165) is 36.7 Å². The molecule has 2 aliphatic rings. The number of carboxylic acid groups (broad SMARTS) is 1. The Balaban J connectivity index is 1.71. The number of amides is 1. The van der Waals surface area contributed by atoms with E-state index in [9.17, 15) is 9.59 Å². The maximum absolute atomic E-state index is 12.2. The highest BCUT2D eigenvalue weighted by Crippen LogP contribution is 2.31. The first-order valence-electron chi connectivity index (χ1n) is 8.30. The zero-order chi connectivity index (χ0) is 17.8. The molecule has 1 fully saturated rings. The van der Waals surface area contributed by atoms with Crippen LogP contribution in [0.15, 0.2) is 34.2 Å². The molecule has 2 heterocycles. The molecule has 3 rings (SSSR count). The zero-order valence-corrected chi connectivity index (χ0v) is 14.8. The molecule has 1 amide bonds. The van der Waals surface area contributed by atoms with Crippen LogP contribution >= 0.6 is 11.8 Å². The fourth-order valence-corrected chi connectivity index (χ4v) is 3.67. The van der Waals surface area contributed by atoms with Gasteiger partial charge in [0.2, 0.25) is 0 Å². The first-order valence-corrected chi connectivity index (χ1v) is 9.11. The zero-order valence-electron chi connectivity index (χ0n) is 14.0. The van der Waals surface area contributed by atoms with Gasteiger partial charge in [0.25, 0.3) is 5.91 Å². The lowest BCUT2D eigenvalue weighted by atomic mass is 10.1. The molecule has 0 bridgehead atoms. The molecule has 1 N–H and O–H groups in total. The summed E-state index contributed by atoms with van der Waals surface area (Å²) in [6.07, 6.45) is 4.33. The molecule has 7 heteroatoms. The third-order valence-electron chi connectivity index (χ3n) is 4.05. The molecule has 6 nitrogen and oxygen atoms in total. The van der Waals surface area contributed by atoms with Gasteiger partial charge in [-0.25, -0.2) is 4.79 Å². The van der Waals surface area contributed by atoms with E-state index < -0.39 is 12.1 Å². The smallest absolute Gasteiger partial charge is 0.344 e. The molecule has 25 heavy (non-hydrogen) atoms. The third-order valence-corrected chi connectivity index (χ3v) is 5.10. The Morgan fingerprint density at radius 3 is 2.84 bits per heavy atom. The second kappa shape index (κ2) is 7.74. The predicted octanol–water partition coefficient (Wildman–Crippen LogP) is 2.99. The number of piperidine rings is 1. The van der Waals surface area contributed by atoms with Gasteiger partial charge in [-0.05, 0) is 61.7 Å². The van der Waals surface area contributed by atoms with Gasteiger partial charge in [-0.3, -0.25) is 4.79 Å². The average molecular weight is 360 g/mol. The van der Waals surface area contributed by atoms with Crippen molar-refractivity contribution >= 4 is 34.9 Å². The number of benzene rings is 1. The van der Waals surface area contributed by atoms with Crippen LogP contribution < -0.4 is 4.74 Å². The number of hydrogen-bond acceptors (Lipinski definition) is 5. The standard InChI is InChI=1S/C18H20N2O4S/c1-12(17(22)23)24-14-7-5-6-13(10-14)11-15-16(21)19-18(25-15)20-8-3-2-4-9-20/h5-7,10-12H,2-4,8-9H2,1H3,(H,22,23)/b15-11-. The number of aliphatic imine (C=N–C) groups is 1. The minimum atomic E-state index is -1.02. The van der Waals surface area contributed by atoms with E-state index in [2.05, 4.69) is 9.89 Å². The molecule has 132 valence electrons. The lowest BCUT2D eigenvalue weighted by molar-refractivity contribution is -0.144. The fourth-order valence-electron chi connectivity index (χ4n) is 2.70. The number of aliphatic carboxylic acids is 1. The number of ether oxygens (including phenoxy) is 1. The van der Waals surface area contributed by atoms with Crippen molar-refractivity contribution in [3.05, 3.63) is 34.7 Å². The van der Waals surface area contributed by atoms with Gasteiger partial charge in [0.15, 0.2) is 11.3 Å². The number of nitrogens with zero attached hydrogens (tertiary/aromatic N) is 2. The summed E-state index contributed by atoms with van der Waals surface area (Å²) in [7, 11) is 0. The van der Waals surface area contributed by atoms with Crippen molar-refractivity contribution in [1.29, 1.82) is 0 Å². The number of rotatable bonds is 4. The van der Waals surface area contributed by atoms with E-state index in [1.165, 1.54) is 25.1 Å². The molecule has 0 saturated carbocycles. The van der Waals surface area contributed by atoms with E-state index >= 15 is 0 Å². The lowest BCUT2D eigenvalue weighted by Crippen LogP contribution is -2.33. The molecular formula is C18H20N2O4S. The Hall–Kier alpha value is -2.28. The van der Waals surface area contributed by atoms with Crippen molar-refractivity contribution in [2.45, 2.75) is 32.3 Å². The van der Waals surface area contributed by atoms with Crippen LogP contribution in [0.2, 0.25) is 0 Å². The van der Waals surface area contributed by atoms with Crippen LogP contribution in [-0.2, 0) is 9.59 Å². The summed E-state index contributed by atoms with van der Waals surface area (Å²) in [5.74, 6) is -0.794. The van der Waals surface area contributed by atoms with E-state index in [1.807, 2.05) is 6.07 Å². The minimum Gasteiger partial charge on any atom is -0.479 e. The summed E-state index contributed by atoms with van der Waals surface area (Å²) in [4.78, 5) is 30.0. The van der Waals surface area contributed by atoms with Gasteiger partial charge in [-0.15, -0.1) is 0 Å². The van der Waals surface area contributed by atoms with Gasteiger partial charge in [-0.1, -0.05) is 12.1 Å². The van der Waals surface area contributed by atoms with Crippen molar-refractivity contribution in [3.8, 4) is 5.75 Å². The number of likely N-dealkylation sites (tertiary alicyclic amines) is 1. The van der Waals surface area contributed by atoms with Crippen LogP contribution in [0.3, 0.4) is 0 Å². The molecule has 0 aromatic heterocycles. The number of amidine groups is 1. The number of carbonyl (C=O) groups is 2. The molecule has 1 unspecified atom stereocenters. The molecular weight excluding hydrogens is 340 g/mol. The topological polar surface area (TPSA) is 79.2 Å². The van der Waals surface area contributed by atoms with E-state index in [1.54, 1.807) is 24.3 Å². The predicted molar refractivity (Wildman–Crippen MR) is 97.6 cm³/mol. The monoisotopic (exact) mass is 360 g/mol. The van der Waals surface area contributed by atoms with Crippen molar-refractivity contribution in [2.24, 2.45) is 4.99 Å². The second-order valence-corrected chi connectivity index (χ2v) is 7.04. The van der Waals surface area contributed by atoms with E-state index in [4.69, 9.17) is 9.84 Å². The molecule has 2 aliphatic heterocycles. The molecule has 1 saturated heterocycles. The number of carbonyl (C=O) groups excluding carboxylic acids is 1. The Bertz CT molecular complexity index is 738. The first-order chi connectivity index (χ1) is 12.0. The van der Waals surface area contributed by atoms with E-state index in [-0.39, 0.29) is 5.91 Å². The van der Waals surface area contributed by atoms with Gasteiger partial charge in [0, 0.05) is 13.1 Å². The van der Waals surface area contributed by atoms with Crippen molar-refractivity contribution < 1.29 is 19.4 Å². The Labute approximate surface area is 150 Å². The molecule has 0 aliphatic carbocycles. The third kappa shape index (κ3) is 4.42. The maximum Gasteiger partial charge on any atom is 0.344 e. The van der Waals surface area contributed by atoms with Gasteiger partial charge in [-0.2, -0.15) is 4.99 Å². The maximum atomic E-state index is 12.2. The largest absolute Gasteiger partial charge is 0.479 e. The highest BCUT2D eigenvalue weighted by molar-refractivity contribution is 8.18. The molecule has 1 aromatic rings. The second-order valence-electron chi connectivity index (χ2n) is 6.03. The molecule has 0 spiro atoms. The first kappa shape index (κ1) is 17.5. The SMILES string of the molecule is CC(Oc1cccc(/C=C2\SC(N3CCCCC3)=NC2=O)c1)C(=O)O. The van der Waals surface area contributed by atoms with Crippen molar-refractivity contribution in [3.63, 3.8) is 0 Å². The van der Waals surface area contributed by atoms with E-state index in [0.29, 0.717) is 10.7 Å². The number of carboxylic acids is 1. The van der Waals surface area contributed by atoms with Crippen molar-refractivity contribution in [2.75, 3.05) is 13.1 Å². The molecule has 1 atom stereocenters. The minimum absolute atomic E-state index is 0.226. The van der Waals surface area contributed by atoms with Gasteiger partial charge in [0.05, 0.1) is 4.91 Å². The Morgan fingerprint density at radius 1 is 1.36 bits per heavy atom. The van der Waals surface area contributed by atoms with Crippen molar-refractivity contribution in [1.82, 2.24) is 4.90 Å². The van der Waals surface area contributed by atoms with Gasteiger partial charge >= 0.3 is 5.97 Å². The summed E-state index contributed by atoms with van der Waals surface area (Å²) in [5.41, 5.74) is 0.779. The van der Waals surface area contributed by atoms with Gasteiger partial charge in [0.1, 0.15) is 5.75 Å². The molecule has 0 radical (unpaired) electrons. The highest BCUT2D eigenvalue weighted by Gasteiger charge is 2.26. The Kier molecular flexibility index (Phi) is 5.43. The van der Waals surface area contributed by atoms with Crippen LogP contribution in [0.1, 0.15) is 31.7 Å². The summed E-state index contributed by atoms with van der Waals surface area (Å²) in [6, 6.07) is 7.03. The summed E-state index contributed by atoms with van der Waals surface area (Å²) in [5, 5.41) is 9.71. The van der Waals surface area contributed by atoms with Crippen LogP contribution in [0.25, 0.3) is 6.08 Å². The van der Waals surface area contributed by atoms with Crippen LogP contribution in [0.4, 0.5) is 0 Å². The quantitative estimate of drug-likeness (QED) is 0.832.